The second-order valence-electron chi connectivity index (χ2n) is 2.43. The molecule has 0 bridgehead atoms. The number of hydrogen-bond donors (Lipinski definition) is 1. The summed E-state index contributed by atoms with van der Waals surface area (Å²) in [6.45, 7) is 2.57. The van der Waals surface area contributed by atoms with Gasteiger partial charge >= 0.3 is 0 Å². The highest BCUT2D eigenvalue weighted by Gasteiger charge is 2.03. The largest absolute Gasteiger partial charge is 0.360 e. The van der Waals surface area contributed by atoms with Crippen LogP contribution in [0.15, 0.2) is 28.7 Å². The lowest BCUT2D eigenvalue weighted by Gasteiger charge is -2.11. The van der Waals surface area contributed by atoms with Crippen molar-refractivity contribution >= 4 is 15.9 Å². The van der Waals surface area contributed by atoms with Gasteiger partial charge in [0.2, 0.25) is 0 Å². The summed E-state index contributed by atoms with van der Waals surface area (Å²) in [6.07, 6.45) is -0.303. The summed E-state index contributed by atoms with van der Waals surface area (Å²) >= 11 is 3.35. The molecule has 0 aliphatic carbocycles. The molecule has 0 saturated heterocycles. The fraction of sp³-hybridized carbons (Fsp3) is 0.333. The van der Waals surface area contributed by atoms with Crippen LogP contribution >= 0.6 is 15.9 Å². The first kappa shape index (κ1) is 9.71. The zero-order valence-corrected chi connectivity index (χ0v) is 8.54. The van der Waals surface area contributed by atoms with E-state index in [4.69, 9.17) is 10.5 Å². The maximum atomic E-state index is 5.72. The molecule has 2 nitrogen and oxygen atoms in total. The number of halogens is 1. The van der Waals surface area contributed by atoms with Crippen LogP contribution in [0.1, 0.15) is 18.7 Å². The molecule has 0 aromatic heterocycles. The summed E-state index contributed by atoms with van der Waals surface area (Å²) in [4.78, 5) is 0. The molecule has 12 heavy (non-hydrogen) atoms. The van der Waals surface area contributed by atoms with E-state index in [2.05, 4.69) is 15.9 Å². The van der Waals surface area contributed by atoms with Crippen LogP contribution in [0, 0.1) is 0 Å². The minimum absolute atomic E-state index is 0.303. The number of ether oxygens (including phenoxy) is 1. The molecule has 3 heteroatoms. The van der Waals surface area contributed by atoms with Gasteiger partial charge in [0.15, 0.2) is 0 Å². The normalized spacial score (nSPS) is 12.9. The van der Waals surface area contributed by atoms with E-state index in [9.17, 15) is 0 Å². The number of rotatable bonds is 3. The van der Waals surface area contributed by atoms with Crippen molar-refractivity contribution in [1.29, 1.82) is 0 Å². The Morgan fingerprint density at radius 3 is 2.50 bits per heavy atom. The van der Waals surface area contributed by atoms with Gasteiger partial charge in [-0.05, 0) is 24.6 Å². The molecule has 0 fully saturated rings. The first-order valence-corrected chi connectivity index (χ1v) is 4.66. The van der Waals surface area contributed by atoms with Crippen molar-refractivity contribution in [1.82, 2.24) is 0 Å². The SMILES string of the molecule is CCOC(N)c1ccc(Br)cc1. The average Bonchev–Trinajstić information content (AvgIpc) is 2.06. The van der Waals surface area contributed by atoms with E-state index in [1.807, 2.05) is 31.2 Å². The van der Waals surface area contributed by atoms with E-state index in [1.54, 1.807) is 0 Å². The molecule has 0 amide bonds. The van der Waals surface area contributed by atoms with Gasteiger partial charge in [0.05, 0.1) is 0 Å². The Bertz CT molecular complexity index is 235. The van der Waals surface area contributed by atoms with Crippen LogP contribution in [0.25, 0.3) is 0 Å². The third-order valence-electron chi connectivity index (χ3n) is 1.54. The molecule has 0 saturated carbocycles. The number of nitrogens with two attached hydrogens (primary N) is 1. The first-order valence-electron chi connectivity index (χ1n) is 3.86. The minimum Gasteiger partial charge on any atom is -0.360 e. The molecule has 1 aromatic carbocycles. The smallest absolute Gasteiger partial charge is 0.131 e. The maximum absolute atomic E-state index is 5.72. The Labute approximate surface area is 80.8 Å². The van der Waals surface area contributed by atoms with E-state index in [0.717, 1.165) is 10.0 Å². The lowest BCUT2D eigenvalue weighted by Crippen LogP contribution is -2.13. The zero-order chi connectivity index (χ0) is 8.97. The van der Waals surface area contributed by atoms with Gasteiger partial charge in [0.1, 0.15) is 6.23 Å². The molecule has 0 spiro atoms. The van der Waals surface area contributed by atoms with Crippen LogP contribution < -0.4 is 5.73 Å². The van der Waals surface area contributed by atoms with Crippen LogP contribution in [-0.2, 0) is 4.74 Å². The van der Waals surface area contributed by atoms with Crippen LogP contribution in [0.4, 0.5) is 0 Å². The summed E-state index contributed by atoms with van der Waals surface area (Å²) in [5.74, 6) is 0. The summed E-state index contributed by atoms with van der Waals surface area (Å²) in [5, 5.41) is 0. The van der Waals surface area contributed by atoms with Crippen molar-refractivity contribution in [3.8, 4) is 0 Å². The van der Waals surface area contributed by atoms with E-state index in [1.165, 1.54) is 0 Å². The Hall–Kier alpha value is -0.380. The van der Waals surface area contributed by atoms with Crippen molar-refractivity contribution in [2.24, 2.45) is 5.73 Å². The molecular weight excluding hydrogens is 218 g/mol. The lowest BCUT2D eigenvalue weighted by atomic mass is 10.2. The second-order valence-corrected chi connectivity index (χ2v) is 3.34. The van der Waals surface area contributed by atoms with E-state index >= 15 is 0 Å². The molecule has 0 heterocycles. The molecule has 1 rings (SSSR count). The van der Waals surface area contributed by atoms with Crippen molar-refractivity contribution in [2.45, 2.75) is 13.2 Å². The fourth-order valence-electron chi connectivity index (χ4n) is 0.928. The molecule has 1 unspecified atom stereocenters. The first-order chi connectivity index (χ1) is 5.74. The number of benzene rings is 1. The van der Waals surface area contributed by atoms with Gasteiger partial charge < -0.3 is 10.5 Å². The van der Waals surface area contributed by atoms with Crippen LogP contribution in [0.5, 0.6) is 0 Å². The summed E-state index contributed by atoms with van der Waals surface area (Å²) in [6, 6.07) is 7.80. The van der Waals surface area contributed by atoms with Gasteiger partial charge in [-0.2, -0.15) is 0 Å². The molecule has 66 valence electrons. The van der Waals surface area contributed by atoms with E-state index < -0.39 is 0 Å². The summed E-state index contributed by atoms with van der Waals surface area (Å²) in [5.41, 5.74) is 6.72. The molecule has 1 atom stereocenters. The Kier molecular flexibility index (Phi) is 3.72. The monoisotopic (exact) mass is 229 g/mol. The quantitative estimate of drug-likeness (QED) is 0.809. The Morgan fingerprint density at radius 1 is 1.42 bits per heavy atom. The third-order valence-corrected chi connectivity index (χ3v) is 2.07. The van der Waals surface area contributed by atoms with Crippen molar-refractivity contribution in [2.75, 3.05) is 6.61 Å². The third kappa shape index (κ3) is 2.59. The van der Waals surface area contributed by atoms with Crippen LogP contribution in [0.3, 0.4) is 0 Å². The van der Waals surface area contributed by atoms with Gasteiger partial charge in [0, 0.05) is 11.1 Å². The van der Waals surface area contributed by atoms with Crippen molar-refractivity contribution in [3.05, 3.63) is 34.3 Å². The molecule has 0 aliphatic heterocycles. The molecule has 0 aliphatic rings. The van der Waals surface area contributed by atoms with E-state index in [0.29, 0.717) is 6.61 Å². The predicted octanol–water partition coefficient (Wildman–Crippen LogP) is 2.44. The summed E-state index contributed by atoms with van der Waals surface area (Å²) in [7, 11) is 0. The van der Waals surface area contributed by atoms with Crippen LogP contribution in [0.2, 0.25) is 0 Å². The molecule has 0 radical (unpaired) electrons. The number of hydrogen-bond acceptors (Lipinski definition) is 2. The average molecular weight is 230 g/mol. The molecule has 2 N–H and O–H groups in total. The summed E-state index contributed by atoms with van der Waals surface area (Å²) < 4.78 is 6.28. The minimum atomic E-state index is -0.303. The highest BCUT2D eigenvalue weighted by atomic mass is 79.9. The van der Waals surface area contributed by atoms with Crippen molar-refractivity contribution in [3.63, 3.8) is 0 Å². The fourth-order valence-corrected chi connectivity index (χ4v) is 1.19. The maximum Gasteiger partial charge on any atom is 0.131 e. The molecular formula is C9H12BrNO. The van der Waals surface area contributed by atoms with Crippen molar-refractivity contribution < 1.29 is 4.74 Å². The van der Waals surface area contributed by atoms with Gasteiger partial charge in [-0.1, -0.05) is 28.1 Å². The van der Waals surface area contributed by atoms with Gasteiger partial charge in [-0.15, -0.1) is 0 Å². The lowest BCUT2D eigenvalue weighted by molar-refractivity contribution is 0.0674. The predicted molar refractivity (Wildman–Crippen MR) is 52.7 cm³/mol. The van der Waals surface area contributed by atoms with E-state index in [-0.39, 0.29) is 6.23 Å². The highest BCUT2D eigenvalue weighted by Crippen LogP contribution is 2.15. The van der Waals surface area contributed by atoms with Gasteiger partial charge in [-0.3, -0.25) is 0 Å². The topological polar surface area (TPSA) is 35.2 Å². The van der Waals surface area contributed by atoms with Gasteiger partial charge in [-0.25, -0.2) is 0 Å². The Morgan fingerprint density at radius 2 is 2.00 bits per heavy atom. The standard InChI is InChI=1S/C9H12BrNO/c1-2-12-9(11)7-3-5-8(10)6-4-7/h3-6,9H,2,11H2,1H3. The van der Waals surface area contributed by atoms with Gasteiger partial charge in [0.25, 0.3) is 0 Å². The Balaban J connectivity index is 2.68. The second kappa shape index (κ2) is 4.60. The highest BCUT2D eigenvalue weighted by molar-refractivity contribution is 9.10. The zero-order valence-electron chi connectivity index (χ0n) is 6.96. The molecule has 1 aromatic rings. The van der Waals surface area contributed by atoms with Crippen LogP contribution in [-0.4, -0.2) is 6.61 Å².